The summed E-state index contributed by atoms with van der Waals surface area (Å²) < 4.78 is 30.4. The second-order valence-electron chi connectivity index (χ2n) is 6.26. The van der Waals surface area contributed by atoms with Gasteiger partial charge in [-0.05, 0) is 24.4 Å². The van der Waals surface area contributed by atoms with Crippen LogP contribution in [0.4, 0.5) is 10.2 Å². The van der Waals surface area contributed by atoms with Gasteiger partial charge >= 0.3 is 0 Å². The molecular weight excluding hydrogens is 357 g/mol. The molecule has 0 fully saturated rings. The Labute approximate surface area is 152 Å². The van der Waals surface area contributed by atoms with Crippen molar-refractivity contribution in [1.82, 2.24) is 19.8 Å². The number of halogens is 1. The van der Waals surface area contributed by atoms with Crippen molar-refractivity contribution in [3.63, 3.8) is 0 Å². The van der Waals surface area contributed by atoms with Crippen molar-refractivity contribution in [3.05, 3.63) is 42.1 Å². The summed E-state index contributed by atoms with van der Waals surface area (Å²) in [4.78, 5) is 0. The molecular formula is C17H24FN5O2S. The van der Waals surface area contributed by atoms with E-state index >= 15 is 0 Å². The standard InChI is InChI=1S/C17H24FN5O2S/c1-3-26(2,25)21-9-8-19-16-10-14(12-6-4-5-7-15(12)24)22-17-13(18)11-20-23(16)17/h4-5,7,10-12,14,19,22,24H,2-3,6,8-9H2,1H3,(H,21,25). The number of hydrogen-bond acceptors (Lipinski definition) is 5. The van der Waals surface area contributed by atoms with E-state index in [4.69, 9.17) is 0 Å². The van der Waals surface area contributed by atoms with Crippen LogP contribution < -0.4 is 15.4 Å². The number of aliphatic hydroxyl groups is 1. The Balaban J connectivity index is 1.74. The van der Waals surface area contributed by atoms with E-state index in [1.165, 1.54) is 4.68 Å². The molecule has 4 N–H and O–H groups in total. The molecule has 3 atom stereocenters. The molecule has 0 aromatic carbocycles. The molecule has 1 aromatic rings. The maximum atomic E-state index is 14.1. The Morgan fingerprint density at radius 2 is 2.35 bits per heavy atom. The summed E-state index contributed by atoms with van der Waals surface area (Å²) in [5.74, 6) is 4.59. The number of aliphatic hydroxyl groups excluding tert-OH is 1. The first-order valence-electron chi connectivity index (χ1n) is 8.52. The van der Waals surface area contributed by atoms with Crippen LogP contribution in [0.15, 0.2) is 36.3 Å². The van der Waals surface area contributed by atoms with E-state index in [0.717, 1.165) is 6.20 Å². The molecule has 0 spiro atoms. The molecule has 1 aliphatic heterocycles. The molecule has 0 bridgehead atoms. The van der Waals surface area contributed by atoms with Crippen molar-refractivity contribution in [2.24, 2.45) is 5.92 Å². The van der Waals surface area contributed by atoms with Gasteiger partial charge in [-0.3, -0.25) is 4.21 Å². The maximum absolute atomic E-state index is 14.1. The first-order valence-corrected chi connectivity index (χ1v) is 10.4. The summed E-state index contributed by atoms with van der Waals surface area (Å²) in [6.07, 6.45) is 9.11. The Morgan fingerprint density at radius 3 is 3.08 bits per heavy atom. The Bertz CT molecular complexity index is 857. The quantitative estimate of drug-likeness (QED) is 0.424. The minimum Gasteiger partial charge on any atom is -0.512 e. The van der Waals surface area contributed by atoms with Gasteiger partial charge in [0, 0.05) is 34.5 Å². The zero-order valence-corrected chi connectivity index (χ0v) is 15.4. The summed E-state index contributed by atoms with van der Waals surface area (Å²) >= 11 is 0. The van der Waals surface area contributed by atoms with Crippen molar-refractivity contribution in [3.8, 4) is 0 Å². The number of rotatable bonds is 7. The smallest absolute Gasteiger partial charge is 0.185 e. The molecule has 0 saturated carbocycles. The molecule has 2 heterocycles. The molecule has 26 heavy (non-hydrogen) atoms. The minimum absolute atomic E-state index is 0.184. The molecule has 0 amide bonds. The van der Waals surface area contributed by atoms with Gasteiger partial charge in [0.15, 0.2) is 11.6 Å². The third-order valence-corrected chi connectivity index (χ3v) is 6.13. The van der Waals surface area contributed by atoms with Crippen molar-refractivity contribution in [1.29, 1.82) is 0 Å². The van der Waals surface area contributed by atoms with E-state index in [1.54, 1.807) is 12.2 Å². The lowest BCUT2D eigenvalue weighted by atomic mass is 9.90. The maximum Gasteiger partial charge on any atom is 0.185 e. The molecule has 7 nitrogen and oxygen atoms in total. The van der Waals surface area contributed by atoms with Gasteiger partial charge in [-0.15, -0.1) is 0 Å². The monoisotopic (exact) mass is 381 g/mol. The average molecular weight is 381 g/mol. The molecule has 1 aromatic heterocycles. The van der Waals surface area contributed by atoms with Gasteiger partial charge in [0.25, 0.3) is 0 Å². The first-order chi connectivity index (χ1) is 12.4. The fourth-order valence-corrected chi connectivity index (χ4v) is 3.61. The zero-order valence-electron chi connectivity index (χ0n) is 14.6. The summed E-state index contributed by atoms with van der Waals surface area (Å²) in [6, 6.07) is -0.280. The SMILES string of the molecule is C=S(=O)(CC)NCCNC1=CC(C2CC=CC=C2O)Nc2c(F)cnn21. The minimum atomic E-state index is -2.27. The van der Waals surface area contributed by atoms with Crippen LogP contribution in [-0.2, 0) is 9.71 Å². The summed E-state index contributed by atoms with van der Waals surface area (Å²) in [5, 5.41) is 20.5. The highest BCUT2D eigenvalue weighted by atomic mass is 32.2. The van der Waals surface area contributed by atoms with E-state index in [2.05, 4.69) is 26.3 Å². The number of nitrogens with zero attached hydrogens (tertiary/aromatic N) is 2. The van der Waals surface area contributed by atoms with Crippen molar-refractivity contribution in [2.75, 3.05) is 24.2 Å². The molecule has 142 valence electrons. The van der Waals surface area contributed by atoms with E-state index in [9.17, 15) is 13.7 Å². The van der Waals surface area contributed by atoms with Crippen LogP contribution in [0.5, 0.6) is 0 Å². The van der Waals surface area contributed by atoms with E-state index < -0.39 is 15.5 Å². The zero-order chi connectivity index (χ0) is 18.7. The van der Waals surface area contributed by atoms with Crippen LogP contribution in [0.2, 0.25) is 0 Å². The van der Waals surface area contributed by atoms with Crippen molar-refractivity contribution < 1.29 is 13.7 Å². The highest BCUT2D eigenvalue weighted by Gasteiger charge is 2.30. The van der Waals surface area contributed by atoms with Gasteiger partial charge in [-0.25, -0.2) is 9.11 Å². The second-order valence-corrected chi connectivity index (χ2v) is 8.75. The van der Waals surface area contributed by atoms with Crippen LogP contribution in [0.25, 0.3) is 5.82 Å². The van der Waals surface area contributed by atoms with Gasteiger partial charge in [-0.2, -0.15) is 9.78 Å². The van der Waals surface area contributed by atoms with E-state index in [1.807, 2.05) is 19.1 Å². The van der Waals surface area contributed by atoms with Gasteiger partial charge in [0.05, 0.1) is 18.0 Å². The largest absolute Gasteiger partial charge is 0.512 e. The molecule has 0 radical (unpaired) electrons. The van der Waals surface area contributed by atoms with Gasteiger partial charge in [-0.1, -0.05) is 19.1 Å². The Hall–Kier alpha value is -2.26. The molecule has 0 saturated heterocycles. The van der Waals surface area contributed by atoms with Crippen LogP contribution in [0, 0.1) is 11.7 Å². The first kappa shape index (κ1) is 18.5. The molecule has 1 aliphatic carbocycles. The lowest BCUT2D eigenvalue weighted by Gasteiger charge is -2.31. The lowest BCUT2D eigenvalue weighted by molar-refractivity contribution is 0.317. The van der Waals surface area contributed by atoms with Crippen LogP contribution in [0.3, 0.4) is 0 Å². The van der Waals surface area contributed by atoms with Gasteiger partial charge in [0.2, 0.25) is 0 Å². The van der Waals surface area contributed by atoms with Crippen LogP contribution >= 0.6 is 0 Å². The van der Waals surface area contributed by atoms with E-state index in [0.29, 0.717) is 31.1 Å². The molecule has 3 unspecified atom stereocenters. The number of aromatic nitrogens is 2. The lowest BCUT2D eigenvalue weighted by Crippen LogP contribution is -2.38. The van der Waals surface area contributed by atoms with Crippen molar-refractivity contribution >= 4 is 27.2 Å². The highest BCUT2D eigenvalue weighted by Crippen LogP contribution is 2.31. The van der Waals surface area contributed by atoms with Gasteiger partial charge < -0.3 is 15.7 Å². The molecule has 3 rings (SSSR count). The number of fused-ring (bicyclic) bond motifs is 1. The fraction of sp³-hybridized carbons (Fsp3) is 0.412. The molecule has 9 heteroatoms. The second kappa shape index (κ2) is 7.55. The molecule has 2 aliphatic rings. The predicted molar refractivity (Wildman–Crippen MR) is 104 cm³/mol. The third-order valence-electron chi connectivity index (χ3n) is 4.46. The number of nitrogens with one attached hydrogen (secondary N) is 3. The Kier molecular flexibility index (Phi) is 5.38. The van der Waals surface area contributed by atoms with Gasteiger partial charge in [0.1, 0.15) is 5.82 Å². The summed E-state index contributed by atoms with van der Waals surface area (Å²) in [7, 11) is -2.27. The predicted octanol–water partition coefficient (Wildman–Crippen LogP) is 1.46. The summed E-state index contributed by atoms with van der Waals surface area (Å²) in [6.45, 7) is 2.73. The number of allylic oxidation sites excluding steroid dienone is 3. The topological polar surface area (TPSA) is 91.2 Å². The normalized spacial score (nSPS) is 24.1. The van der Waals surface area contributed by atoms with Crippen molar-refractivity contribution in [2.45, 2.75) is 19.4 Å². The fourth-order valence-electron chi connectivity index (χ4n) is 2.93. The Morgan fingerprint density at radius 1 is 1.54 bits per heavy atom. The highest BCUT2D eigenvalue weighted by molar-refractivity contribution is 7.98. The third kappa shape index (κ3) is 3.94. The van der Waals surface area contributed by atoms with Crippen LogP contribution in [-0.4, -0.2) is 49.9 Å². The summed E-state index contributed by atoms with van der Waals surface area (Å²) in [5.41, 5.74) is 0. The van der Waals surface area contributed by atoms with Crippen LogP contribution in [0.1, 0.15) is 13.3 Å². The average Bonchev–Trinajstić information content (AvgIpc) is 3.00. The number of hydrogen-bond donors (Lipinski definition) is 4. The van der Waals surface area contributed by atoms with E-state index in [-0.39, 0.29) is 23.5 Å². The number of anilines is 1.